The first-order chi connectivity index (χ1) is 34.6. The van der Waals surface area contributed by atoms with Crippen LogP contribution in [0, 0.1) is 5.92 Å². The van der Waals surface area contributed by atoms with Gasteiger partial charge in [-0.25, -0.2) is 4.79 Å². The number of fused-ring (bicyclic) bond motifs is 1. The van der Waals surface area contributed by atoms with Crippen molar-refractivity contribution in [1.82, 2.24) is 35.8 Å². The van der Waals surface area contributed by atoms with E-state index in [0.29, 0.717) is 81.9 Å². The van der Waals surface area contributed by atoms with Gasteiger partial charge in [0.15, 0.2) is 0 Å². The lowest BCUT2D eigenvalue weighted by Crippen LogP contribution is -2.62. The molecule has 5 amide bonds. The van der Waals surface area contributed by atoms with Gasteiger partial charge in [0.05, 0.1) is 17.7 Å². The highest BCUT2D eigenvalue weighted by atomic mass is 16.7. The Hall–Kier alpha value is -6.82. The van der Waals surface area contributed by atoms with Gasteiger partial charge in [0.1, 0.15) is 12.1 Å². The fourth-order valence-electron chi connectivity index (χ4n) is 9.46. The number of aliphatic hydroxyl groups excluding tert-OH is 1. The van der Waals surface area contributed by atoms with Crippen molar-refractivity contribution in [2.24, 2.45) is 5.92 Å². The molecule has 72 heavy (non-hydrogen) atoms. The number of benzene rings is 3. The monoisotopic (exact) mass is 985 g/mol. The van der Waals surface area contributed by atoms with Crippen LogP contribution in [-0.4, -0.2) is 123 Å². The number of aromatic nitrogens is 1. The fraction of sp³-hybridized carbons (Fsp3) is 0.455. The van der Waals surface area contributed by atoms with E-state index in [-0.39, 0.29) is 55.5 Å². The lowest BCUT2D eigenvalue weighted by atomic mass is 9.91. The lowest BCUT2D eigenvalue weighted by Gasteiger charge is -2.42. The third-order valence-corrected chi connectivity index (χ3v) is 13.2. The molecule has 1 aliphatic carbocycles. The van der Waals surface area contributed by atoms with Crippen LogP contribution in [0.5, 0.6) is 0 Å². The summed E-state index contributed by atoms with van der Waals surface area (Å²) in [6, 6.07) is 26.0. The summed E-state index contributed by atoms with van der Waals surface area (Å²) in [7, 11) is 0. The number of imide groups is 1. The van der Waals surface area contributed by atoms with Gasteiger partial charge in [-0.1, -0.05) is 67.1 Å². The molecule has 17 nitrogen and oxygen atoms in total. The molecule has 3 heterocycles. The van der Waals surface area contributed by atoms with Gasteiger partial charge in [-0.15, -0.1) is 5.06 Å². The van der Waals surface area contributed by atoms with E-state index in [1.807, 2.05) is 93.7 Å². The summed E-state index contributed by atoms with van der Waals surface area (Å²) in [5.74, 6) is -3.88. The van der Waals surface area contributed by atoms with Crippen LogP contribution in [0.15, 0.2) is 103 Å². The van der Waals surface area contributed by atoms with Crippen molar-refractivity contribution in [3.05, 3.63) is 137 Å². The number of pyridine rings is 1. The summed E-state index contributed by atoms with van der Waals surface area (Å²) in [5.41, 5.74) is 3.81. The summed E-state index contributed by atoms with van der Waals surface area (Å²) < 4.78 is 6.36. The SMILES string of the molecule is CC(C)(C)NC(=O)[C@@H]1CN(Cc2cccnc2)CCN1C[C@H](C[C@@H](CCc1ccccc1)C(=O)N[C@H]1c2ccccc2C[C@H]1O)OC(=O)CCCCCNC(=O)c1ccc(C(=O)ON2C(=O)CCC2=O)cc1. The van der Waals surface area contributed by atoms with Crippen LogP contribution in [0.3, 0.4) is 0 Å². The largest absolute Gasteiger partial charge is 0.461 e. The molecule has 2 saturated heterocycles. The number of hydrogen-bond acceptors (Lipinski definition) is 13. The summed E-state index contributed by atoms with van der Waals surface area (Å²) in [6.45, 7) is 8.54. The number of aliphatic hydroxyl groups is 1. The molecule has 3 aliphatic rings. The van der Waals surface area contributed by atoms with Crippen molar-refractivity contribution in [3.8, 4) is 0 Å². The van der Waals surface area contributed by atoms with E-state index in [1.54, 1.807) is 6.20 Å². The summed E-state index contributed by atoms with van der Waals surface area (Å²) in [5, 5.41) is 20.8. The molecule has 4 N–H and O–H groups in total. The lowest BCUT2D eigenvalue weighted by molar-refractivity contribution is -0.172. The number of ether oxygens (including phenoxy) is 1. The zero-order valence-electron chi connectivity index (χ0n) is 41.4. The average Bonchev–Trinajstić information content (AvgIpc) is 3.85. The van der Waals surface area contributed by atoms with Crippen molar-refractivity contribution in [2.45, 2.75) is 121 Å². The highest BCUT2D eigenvalue weighted by Crippen LogP contribution is 2.32. The van der Waals surface area contributed by atoms with Crippen LogP contribution in [-0.2, 0) is 52.9 Å². The Morgan fingerprint density at radius 2 is 1.54 bits per heavy atom. The van der Waals surface area contributed by atoms with Crippen molar-refractivity contribution < 1.29 is 48.2 Å². The fourth-order valence-corrected chi connectivity index (χ4v) is 9.46. The number of nitrogens with one attached hydrogen (secondary N) is 3. The van der Waals surface area contributed by atoms with Gasteiger partial charge >= 0.3 is 11.9 Å². The van der Waals surface area contributed by atoms with E-state index < -0.39 is 59.5 Å². The number of piperazine rings is 1. The zero-order chi connectivity index (χ0) is 51.2. The van der Waals surface area contributed by atoms with Gasteiger partial charge in [-0.05, 0) is 105 Å². The molecule has 2 aliphatic heterocycles. The predicted molar refractivity (Wildman–Crippen MR) is 266 cm³/mol. The van der Waals surface area contributed by atoms with Gasteiger partial charge in [0, 0.05) is 94.4 Å². The number of hydrogen-bond donors (Lipinski definition) is 4. The second kappa shape index (κ2) is 25.0. The first-order valence-corrected chi connectivity index (χ1v) is 25.0. The van der Waals surface area contributed by atoms with Gasteiger partial charge in [-0.2, -0.15) is 0 Å². The van der Waals surface area contributed by atoms with Crippen LogP contribution in [0.1, 0.15) is 121 Å². The molecular formula is C55H67N7O10. The molecule has 0 saturated carbocycles. The Morgan fingerprint density at radius 1 is 0.833 bits per heavy atom. The number of carbonyl (C=O) groups excluding carboxylic acids is 7. The topological polar surface area (TPSA) is 217 Å². The van der Waals surface area contributed by atoms with E-state index in [0.717, 1.165) is 22.3 Å². The Bertz CT molecular complexity index is 2500. The number of aryl methyl sites for hydroxylation is 1. The van der Waals surface area contributed by atoms with E-state index in [4.69, 9.17) is 9.57 Å². The molecule has 17 heteroatoms. The van der Waals surface area contributed by atoms with E-state index in [9.17, 15) is 38.7 Å². The number of unbranched alkanes of at least 4 members (excludes halogenated alkanes) is 2. The number of amides is 5. The highest BCUT2D eigenvalue weighted by molar-refractivity contribution is 6.03. The molecule has 0 spiro atoms. The summed E-state index contributed by atoms with van der Waals surface area (Å²) in [6.07, 6.45) is 5.33. The Balaban J connectivity index is 1.00. The molecule has 5 atom stereocenters. The number of hydroxylamine groups is 2. The first-order valence-electron chi connectivity index (χ1n) is 25.0. The molecule has 0 bridgehead atoms. The zero-order valence-corrected chi connectivity index (χ0v) is 41.4. The summed E-state index contributed by atoms with van der Waals surface area (Å²) >= 11 is 0. The highest BCUT2D eigenvalue weighted by Gasteiger charge is 2.39. The van der Waals surface area contributed by atoms with Crippen LogP contribution >= 0.6 is 0 Å². The minimum Gasteiger partial charge on any atom is -0.461 e. The maximum atomic E-state index is 14.5. The van der Waals surface area contributed by atoms with Gasteiger partial charge in [0.25, 0.3) is 17.7 Å². The Morgan fingerprint density at radius 3 is 2.26 bits per heavy atom. The second-order valence-electron chi connectivity index (χ2n) is 20.0. The van der Waals surface area contributed by atoms with E-state index in [2.05, 4.69) is 30.7 Å². The van der Waals surface area contributed by atoms with Gasteiger partial charge < -0.3 is 30.6 Å². The average molecular weight is 986 g/mol. The second-order valence-corrected chi connectivity index (χ2v) is 20.0. The normalized spacial score (nSPS) is 19.0. The van der Waals surface area contributed by atoms with Gasteiger partial charge in [-0.3, -0.25) is 43.6 Å². The van der Waals surface area contributed by atoms with Crippen molar-refractivity contribution in [2.75, 3.05) is 32.7 Å². The van der Waals surface area contributed by atoms with Crippen LogP contribution < -0.4 is 16.0 Å². The molecule has 0 unspecified atom stereocenters. The minimum absolute atomic E-state index is 0.0219. The number of nitrogens with zero attached hydrogens (tertiary/aromatic N) is 4. The predicted octanol–water partition coefficient (Wildman–Crippen LogP) is 5.02. The number of esters is 1. The third-order valence-electron chi connectivity index (χ3n) is 13.2. The molecule has 0 radical (unpaired) electrons. The Labute approximate surface area is 421 Å². The molecule has 7 rings (SSSR count). The quantitative estimate of drug-likeness (QED) is 0.0463. The van der Waals surface area contributed by atoms with Crippen LogP contribution in [0.4, 0.5) is 0 Å². The molecular weight excluding hydrogens is 919 g/mol. The number of carbonyl (C=O) groups is 7. The smallest absolute Gasteiger partial charge is 0.363 e. The summed E-state index contributed by atoms with van der Waals surface area (Å²) in [4.78, 5) is 105. The minimum atomic E-state index is -0.890. The molecule has 2 fully saturated rings. The van der Waals surface area contributed by atoms with E-state index >= 15 is 0 Å². The van der Waals surface area contributed by atoms with Crippen molar-refractivity contribution in [3.63, 3.8) is 0 Å². The van der Waals surface area contributed by atoms with Gasteiger partial charge in [0.2, 0.25) is 11.8 Å². The maximum Gasteiger partial charge on any atom is 0.363 e. The van der Waals surface area contributed by atoms with E-state index in [1.165, 1.54) is 24.3 Å². The standard InChI is InChI=1S/C55H67N7O10/c1-55(2,3)59-53(69)45-36-60(34-38-15-12-27-56-33-38)29-30-61(45)35-43(31-42(20-19-37-13-6-4-7-14-37)52(68)58-50-44-17-10-9-16-41(44)32-46(50)63)71-49(66)18-8-5-11-28-57-51(67)39-21-23-40(24-22-39)54(70)72-62-47(64)25-26-48(62)65/h4,6-7,9-10,12-17,21-24,27,33,42-43,45-46,50,63H,5,8,11,18-20,25-26,28-32,34-36H2,1-3H3,(H,57,67)(H,58,68)(H,59,69)/t42-,43+,45+,46-,50+/m1/s1. The first kappa shape index (κ1) is 53.0. The maximum absolute atomic E-state index is 14.5. The van der Waals surface area contributed by atoms with Crippen LogP contribution in [0.2, 0.25) is 0 Å². The molecule has 1 aromatic heterocycles. The molecule has 382 valence electrons. The Kier molecular flexibility index (Phi) is 18.4. The number of rotatable bonds is 22. The van der Waals surface area contributed by atoms with Crippen molar-refractivity contribution >= 4 is 41.5 Å². The van der Waals surface area contributed by atoms with Crippen LogP contribution in [0.25, 0.3) is 0 Å². The van der Waals surface area contributed by atoms with Crippen molar-refractivity contribution in [1.29, 1.82) is 0 Å². The molecule has 4 aromatic rings. The molecule has 3 aromatic carbocycles. The third kappa shape index (κ3) is 15.1.